The number of carbonyl (C=O) groups excluding carboxylic acids is 2. The van der Waals surface area contributed by atoms with Crippen molar-refractivity contribution in [2.24, 2.45) is 0 Å². The fourth-order valence-corrected chi connectivity index (χ4v) is 3.38. The lowest BCUT2D eigenvalue weighted by atomic mass is 10.2. The number of imide groups is 1. The lowest BCUT2D eigenvalue weighted by molar-refractivity contribution is -0.120. The Balaban J connectivity index is 1.78. The Morgan fingerprint density at radius 1 is 1.00 bits per heavy atom. The van der Waals surface area contributed by atoms with Gasteiger partial charge in [-0.25, -0.2) is 4.90 Å². The summed E-state index contributed by atoms with van der Waals surface area (Å²) in [5.74, 6) is -0.773. The molecule has 0 bridgehead atoms. The van der Waals surface area contributed by atoms with E-state index in [9.17, 15) is 9.59 Å². The maximum absolute atomic E-state index is 12.5. The quantitative estimate of drug-likeness (QED) is 0.470. The number of benzene rings is 2. The standard InChI is InChI=1S/C19H13NO2S2/c21-17(15-11-5-2-6-12-15)20-18(22)16(24-19(20)23)13-7-10-14-8-3-1-4-9-14/h1-13H. The summed E-state index contributed by atoms with van der Waals surface area (Å²) in [7, 11) is 0. The molecular weight excluding hydrogens is 338 g/mol. The van der Waals surface area contributed by atoms with Crippen LogP contribution in [0.15, 0.2) is 77.7 Å². The van der Waals surface area contributed by atoms with Gasteiger partial charge in [0, 0.05) is 5.56 Å². The minimum Gasteiger partial charge on any atom is -0.268 e. The molecule has 1 aliphatic heterocycles. The Morgan fingerprint density at radius 2 is 1.62 bits per heavy atom. The van der Waals surface area contributed by atoms with E-state index in [0.717, 1.165) is 22.2 Å². The summed E-state index contributed by atoms with van der Waals surface area (Å²) in [4.78, 5) is 26.4. The highest BCUT2D eigenvalue weighted by molar-refractivity contribution is 8.26. The Labute approximate surface area is 149 Å². The second-order valence-electron chi connectivity index (χ2n) is 4.98. The molecule has 2 amide bonds. The third-order valence-electron chi connectivity index (χ3n) is 3.35. The average Bonchev–Trinajstić information content (AvgIpc) is 2.90. The summed E-state index contributed by atoms with van der Waals surface area (Å²) < 4.78 is 0.258. The monoisotopic (exact) mass is 351 g/mol. The van der Waals surface area contributed by atoms with Crippen LogP contribution in [-0.4, -0.2) is 21.0 Å². The predicted molar refractivity (Wildman–Crippen MR) is 101 cm³/mol. The van der Waals surface area contributed by atoms with Crippen LogP contribution in [0, 0.1) is 0 Å². The van der Waals surface area contributed by atoms with Gasteiger partial charge in [-0.1, -0.05) is 84.7 Å². The van der Waals surface area contributed by atoms with Crippen LogP contribution >= 0.6 is 24.0 Å². The van der Waals surface area contributed by atoms with Gasteiger partial charge in [0.25, 0.3) is 11.8 Å². The zero-order valence-electron chi connectivity index (χ0n) is 12.6. The van der Waals surface area contributed by atoms with Crippen molar-refractivity contribution in [3.63, 3.8) is 0 Å². The van der Waals surface area contributed by atoms with E-state index in [2.05, 4.69) is 0 Å². The molecule has 118 valence electrons. The molecule has 0 saturated carbocycles. The zero-order chi connectivity index (χ0) is 16.9. The van der Waals surface area contributed by atoms with Gasteiger partial charge in [0.1, 0.15) is 0 Å². The molecule has 1 heterocycles. The summed E-state index contributed by atoms with van der Waals surface area (Å²) >= 11 is 6.33. The molecular formula is C19H13NO2S2. The fraction of sp³-hybridized carbons (Fsp3) is 0. The van der Waals surface area contributed by atoms with Gasteiger partial charge in [0.15, 0.2) is 4.32 Å². The molecule has 0 spiro atoms. The molecule has 0 N–H and O–H groups in total. The highest BCUT2D eigenvalue weighted by Gasteiger charge is 2.36. The number of nitrogens with zero attached hydrogens (tertiary/aromatic N) is 1. The molecule has 0 radical (unpaired) electrons. The van der Waals surface area contributed by atoms with Crippen LogP contribution < -0.4 is 0 Å². The number of hydrogen-bond donors (Lipinski definition) is 0. The first-order valence-corrected chi connectivity index (χ1v) is 8.48. The molecule has 0 aliphatic carbocycles. The maximum atomic E-state index is 12.5. The first kappa shape index (κ1) is 16.4. The molecule has 0 unspecified atom stereocenters. The van der Waals surface area contributed by atoms with Gasteiger partial charge in [-0.3, -0.25) is 9.59 Å². The predicted octanol–water partition coefficient (Wildman–Crippen LogP) is 4.28. The first-order chi connectivity index (χ1) is 11.7. The molecule has 3 rings (SSSR count). The van der Waals surface area contributed by atoms with Gasteiger partial charge in [-0.05, 0) is 23.8 Å². The normalized spacial score (nSPS) is 16.3. The van der Waals surface area contributed by atoms with Crippen LogP contribution in [0.3, 0.4) is 0 Å². The smallest absolute Gasteiger partial charge is 0.268 e. The third-order valence-corrected chi connectivity index (χ3v) is 4.67. The van der Waals surface area contributed by atoms with E-state index in [1.807, 2.05) is 42.5 Å². The molecule has 5 heteroatoms. The third kappa shape index (κ3) is 3.53. The molecule has 2 aromatic rings. The van der Waals surface area contributed by atoms with E-state index in [4.69, 9.17) is 12.2 Å². The van der Waals surface area contributed by atoms with Crippen molar-refractivity contribution >= 4 is 46.2 Å². The van der Waals surface area contributed by atoms with Crippen molar-refractivity contribution in [3.8, 4) is 0 Å². The minimum atomic E-state index is -0.395. The van der Waals surface area contributed by atoms with E-state index >= 15 is 0 Å². The van der Waals surface area contributed by atoms with Crippen LogP contribution in [0.4, 0.5) is 0 Å². The van der Waals surface area contributed by atoms with Crippen LogP contribution in [0.1, 0.15) is 15.9 Å². The Bertz CT molecular complexity index is 842. The molecule has 1 aliphatic rings. The maximum Gasteiger partial charge on any atom is 0.273 e. The van der Waals surface area contributed by atoms with Gasteiger partial charge in [0.2, 0.25) is 0 Å². The summed E-state index contributed by atoms with van der Waals surface area (Å²) in [5, 5.41) is 0. The molecule has 1 fully saturated rings. The molecule has 0 atom stereocenters. The number of carbonyl (C=O) groups is 2. The van der Waals surface area contributed by atoms with Crippen molar-refractivity contribution in [1.82, 2.24) is 4.90 Å². The first-order valence-electron chi connectivity index (χ1n) is 7.26. The van der Waals surface area contributed by atoms with E-state index in [0.29, 0.717) is 10.5 Å². The number of allylic oxidation sites excluding steroid dienone is 2. The van der Waals surface area contributed by atoms with Gasteiger partial charge in [-0.15, -0.1) is 0 Å². The molecule has 2 aromatic carbocycles. The van der Waals surface area contributed by atoms with Crippen molar-refractivity contribution in [2.45, 2.75) is 0 Å². The number of rotatable bonds is 3. The zero-order valence-corrected chi connectivity index (χ0v) is 14.2. The van der Waals surface area contributed by atoms with Gasteiger partial charge in [-0.2, -0.15) is 0 Å². The average molecular weight is 351 g/mol. The lowest BCUT2D eigenvalue weighted by Crippen LogP contribution is -2.34. The largest absolute Gasteiger partial charge is 0.273 e. The van der Waals surface area contributed by atoms with E-state index < -0.39 is 5.91 Å². The number of thiocarbonyl (C=S) groups is 1. The summed E-state index contributed by atoms with van der Waals surface area (Å²) in [6, 6.07) is 18.4. The molecule has 0 aromatic heterocycles. The Hall–Kier alpha value is -2.50. The van der Waals surface area contributed by atoms with Crippen LogP contribution in [0.5, 0.6) is 0 Å². The Kier molecular flexibility index (Phi) is 5.03. The van der Waals surface area contributed by atoms with Crippen molar-refractivity contribution in [2.75, 3.05) is 0 Å². The highest BCUT2D eigenvalue weighted by Crippen LogP contribution is 2.32. The number of hydrogen-bond acceptors (Lipinski definition) is 4. The van der Waals surface area contributed by atoms with E-state index in [1.54, 1.807) is 36.4 Å². The van der Waals surface area contributed by atoms with Crippen LogP contribution in [0.25, 0.3) is 6.08 Å². The minimum absolute atomic E-state index is 0.258. The van der Waals surface area contributed by atoms with Crippen molar-refractivity contribution < 1.29 is 9.59 Å². The topological polar surface area (TPSA) is 37.4 Å². The fourth-order valence-electron chi connectivity index (χ4n) is 2.18. The van der Waals surface area contributed by atoms with Gasteiger partial charge < -0.3 is 0 Å². The number of amides is 2. The molecule has 1 saturated heterocycles. The van der Waals surface area contributed by atoms with E-state index in [-0.39, 0.29) is 10.2 Å². The van der Waals surface area contributed by atoms with Gasteiger partial charge >= 0.3 is 0 Å². The Morgan fingerprint density at radius 3 is 2.29 bits per heavy atom. The summed E-state index contributed by atoms with van der Waals surface area (Å²) in [5.41, 5.74) is 1.47. The summed E-state index contributed by atoms with van der Waals surface area (Å²) in [6.45, 7) is 0. The SMILES string of the molecule is O=C1C(=CC=Cc2ccccc2)SC(=S)N1C(=O)c1ccccc1. The van der Waals surface area contributed by atoms with Crippen LogP contribution in [0.2, 0.25) is 0 Å². The molecule has 3 nitrogen and oxygen atoms in total. The van der Waals surface area contributed by atoms with Gasteiger partial charge in [0.05, 0.1) is 4.91 Å². The molecule has 24 heavy (non-hydrogen) atoms. The highest BCUT2D eigenvalue weighted by atomic mass is 32.2. The lowest BCUT2D eigenvalue weighted by Gasteiger charge is -2.12. The second-order valence-corrected chi connectivity index (χ2v) is 6.66. The van der Waals surface area contributed by atoms with Crippen molar-refractivity contribution in [3.05, 3.63) is 88.8 Å². The van der Waals surface area contributed by atoms with Crippen molar-refractivity contribution in [1.29, 1.82) is 0 Å². The second kappa shape index (κ2) is 7.38. The number of thioether (sulfide) groups is 1. The van der Waals surface area contributed by atoms with Crippen LogP contribution in [-0.2, 0) is 4.79 Å². The summed E-state index contributed by atoms with van der Waals surface area (Å²) in [6.07, 6.45) is 5.37. The van der Waals surface area contributed by atoms with E-state index in [1.165, 1.54) is 0 Å².